The minimum atomic E-state index is -0.524. The zero-order valence-corrected chi connectivity index (χ0v) is 20.1. The number of para-hydroxylation sites is 1. The van der Waals surface area contributed by atoms with E-state index in [-0.39, 0.29) is 12.3 Å². The Bertz CT molecular complexity index is 622. The molecule has 6 nitrogen and oxygen atoms in total. The van der Waals surface area contributed by atoms with Crippen molar-refractivity contribution in [2.24, 2.45) is 0 Å². The molecule has 0 heterocycles. The molecule has 1 aromatic rings. The number of nitro groups is 1. The summed E-state index contributed by atoms with van der Waals surface area (Å²) in [4.78, 5) is 22.3. The number of nitrogens with zero attached hydrogens (tertiary/aromatic N) is 1. The van der Waals surface area contributed by atoms with E-state index < -0.39 is 11.0 Å². The second kappa shape index (κ2) is 19.6. The SMILES string of the molecule is CCCCCCCCCCCCCCCCCCNC(=O)OCc1ccccc1[N+](=O)[O-]. The van der Waals surface area contributed by atoms with Gasteiger partial charge in [0, 0.05) is 12.6 Å². The quantitative estimate of drug-likeness (QED) is 0.124. The largest absolute Gasteiger partial charge is 0.444 e. The van der Waals surface area contributed by atoms with Crippen LogP contribution in [0.3, 0.4) is 0 Å². The van der Waals surface area contributed by atoms with Crippen LogP contribution in [0.15, 0.2) is 24.3 Å². The molecule has 0 spiro atoms. The smallest absolute Gasteiger partial charge is 0.407 e. The summed E-state index contributed by atoms with van der Waals surface area (Å²) in [7, 11) is 0. The Hall–Kier alpha value is -2.11. The number of nitrogens with one attached hydrogen (secondary N) is 1. The lowest BCUT2D eigenvalue weighted by molar-refractivity contribution is -0.385. The van der Waals surface area contributed by atoms with Crippen LogP contribution >= 0.6 is 0 Å². The van der Waals surface area contributed by atoms with Crippen molar-refractivity contribution in [2.75, 3.05) is 6.54 Å². The molecule has 1 aromatic carbocycles. The Balaban J connectivity index is 1.86. The van der Waals surface area contributed by atoms with Crippen molar-refractivity contribution in [1.82, 2.24) is 5.32 Å². The number of hydrogen-bond donors (Lipinski definition) is 1. The minimum Gasteiger partial charge on any atom is -0.444 e. The molecule has 1 N–H and O–H groups in total. The van der Waals surface area contributed by atoms with Crippen LogP contribution in [0, 0.1) is 10.1 Å². The summed E-state index contributed by atoms with van der Waals surface area (Å²) in [5.41, 5.74) is 0.369. The summed E-state index contributed by atoms with van der Waals surface area (Å²) < 4.78 is 5.09. The zero-order chi connectivity index (χ0) is 23.3. The fourth-order valence-electron chi connectivity index (χ4n) is 3.87. The summed E-state index contributed by atoms with van der Waals surface area (Å²) in [6.07, 6.45) is 20.6. The third-order valence-corrected chi connectivity index (χ3v) is 5.85. The van der Waals surface area contributed by atoms with Gasteiger partial charge in [-0.3, -0.25) is 10.1 Å². The van der Waals surface area contributed by atoms with E-state index in [4.69, 9.17) is 4.74 Å². The maximum absolute atomic E-state index is 11.8. The van der Waals surface area contributed by atoms with Gasteiger partial charge < -0.3 is 10.1 Å². The molecule has 0 aromatic heterocycles. The van der Waals surface area contributed by atoms with Gasteiger partial charge >= 0.3 is 6.09 Å². The van der Waals surface area contributed by atoms with Crippen LogP contribution in [0.4, 0.5) is 10.5 Å². The lowest BCUT2D eigenvalue weighted by Gasteiger charge is -2.07. The summed E-state index contributed by atoms with van der Waals surface area (Å²) in [5.74, 6) is 0. The molecule has 0 unspecified atom stereocenters. The van der Waals surface area contributed by atoms with E-state index in [2.05, 4.69) is 12.2 Å². The van der Waals surface area contributed by atoms with E-state index in [0.29, 0.717) is 12.1 Å². The molecule has 0 aliphatic heterocycles. The minimum absolute atomic E-state index is 0.0295. The van der Waals surface area contributed by atoms with Crippen molar-refractivity contribution < 1.29 is 14.5 Å². The summed E-state index contributed by atoms with van der Waals surface area (Å²) in [6.45, 7) is 2.75. The van der Waals surface area contributed by atoms with Gasteiger partial charge in [-0.2, -0.15) is 0 Å². The first-order valence-corrected chi connectivity index (χ1v) is 12.8. The van der Waals surface area contributed by atoms with Crippen LogP contribution in [-0.2, 0) is 11.3 Å². The monoisotopic (exact) mass is 448 g/mol. The molecule has 32 heavy (non-hydrogen) atoms. The predicted molar refractivity (Wildman–Crippen MR) is 131 cm³/mol. The third kappa shape index (κ3) is 14.8. The highest BCUT2D eigenvalue weighted by Gasteiger charge is 2.13. The number of amides is 1. The molecule has 0 aliphatic rings. The zero-order valence-electron chi connectivity index (χ0n) is 20.1. The molecular weight excluding hydrogens is 404 g/mol. The number of alkyl carbamates (subject to hydrolysis) is 1. The van der Waals surface area contributed by atoms with Gasteiger partial charge in [0.25, 0.3) is 5.69 Å². The highest BCUT2D eigenvalue weighted by atomic mass is 16.6. The number of benzene rings is 1. The highest BCUT2D eigenvalue weighted by Crippen LogP contribution is 2.18. The lowest BCUT2D eigenvalue weighted by atomic mass is 10.0. The molecule has 0 radical (unpaired) electrons. The maximum Gasteiger partial charge on any atom is 0.407 e. The van der Waals surface area contributed by atoms with Gasteiger partial charge in [-0.05, 0) is 12.5 Å². The van der Waals surface area contributed by atoms with Crippen molar-refractivity contribution >= 4 is 11.8 Å². The Kier molecular flexibility index (Phi) is 17.1. The van der Waals surface area contributed by atoms with Crippen molar-refractivity contribution in [2.45, 2.75) is 116 Å². The number of carbonyl (C=O) groups is 1. The molecular formula is C26H44N2O4. The normalized spacial score (nSPS) is 10.8. The molecule has 0 atom stereocenters. The molecule has 1 rings (SSSR count). The Morgan fingerprint density at radius 3 is 1.78 bits per heavy atom. The van der Waals surface area contributed by atoms with Gasteiger partial charge in [0.2, 0.25) is 0 Å². The first kappa shape index (κ1) is 27.9. The van der Waals surface area contributed by atoms with E-state index in [1.54, 1.807) is 18.2 Å². The number of ether oxygens (including phenoxy) is 1. The van der Waals surface area contributed by atoms with Crippen LogP contribution < -0.4 is 5.32 Å². The number of rotatable bonds is 20. The Morgan fingerprint density at radius 1 is 0.812 bits per heavy atom. The fourth-order valence-corrected chi connectivity index (χ4v) is 3.87. The topological polar surface area (TPSA) is 81.5 Å². The molecule has 6 heteroatoms. The van der Waals surface area contributed by atoms with Gasteiger partial charge in [0.1, 0.15) is 6.61 Å². The van der Waals surface area contributed by atoms with Gasteiger partial charge in [-0.25, -0.2) is 4.79 Å². The van der Waals surface area contributed by atoms with E-state index in [1.807, 2.05) is 0 Å². The average Bonchev–Trinajstić information content (AvgIpc) is 2.79. The van der Waals surface area contributed by atoms with Gasteiger partial charge in [-0.1, -0.05) is 115 Å². The fraction of sp³-hybridized carbons (Fsp3) is 0.731. The van der Waals surface area contributed by atoms with Gasteiger partial charge in [0.05, 0.1) is 10.5 Å². The molecule has 0 saturated carbocycles. The molecule has 0 saturated heterocycles. The maximum atomic E-state index is 11.8. The highest BCUT2D eigenvalue weighted by molar-refractivity contribution is 5.67. The van der Waals surface area contributed by atoms with Crippen LogP contribution in [0.5, 0.6) is 0 Å². The molecule has 0 fully saturated rings. The van der Waals surface area contributed by atoms with Crippen molar-refractivity contribution in [3.05, 3.63) is 39.9 Å². The Labute approximate surface area is 194 Å². The second-order valence-electron chi connectivity index (χ2n) is 8.69. The van der Waals surface area contributed by atoms with Crippen molar-refractivity contribution in [3.63, 3.8) is 0 Å². The summed E-state index contributed by atoms with van der Waals surface area (Å²) >= 11 is 0. The predicted octanol–water partition coefficient (Wildman–Crippen LogP) is 8.08. The van der Waals surface area contributed by atoms with E-state index in [0.717, 1.165) is 12.8 Å². The molecule has 182 valence electrons. The molecule has 1 amide bonds. The van der Waals surface area contributed by atoms with Crippen LogP contribution in [0.1, 0.15) is 115 Å². The number of nitro benzene ring substituents is 1. The summed E-state index contributed by atoms with van der Waals surface area (Å²) in [5, 5.41) is 13.7. The van der Waals surface area contributed by atoms with E-state index >= 15 is 0 Å². The first-order valence-electron chi connectivity index (χ1n) is 12.8. The first-order chi connectivity index (χ1) is 15.6. The van der Waals surface area contributed by atoms with Crippen LogP contribution in [0.2, 0.25) is 0 Å². The average molecular weight is 449 g/mol. The number of unbranched alkanes of at least 4 members (excludes halogenated alkanes) is 15. The van der Waals surface area contributed by atoms with Crippen LogP contribution in [0.25, 0.3) is 0 Å². The summed E-state index contributed by atoms with van der Waals surface area (Å²) in [6, 6.07) is 6.30. The van der Waals surface area contributed by atoms with E-state index in [1.165, 1.54) is 96.0 Å². The molecule has 0 aliphatic carbocycles. The third-order valence-electron chi connectivity index (χ3n) is 5.85. The van der Waals surface area contributed by atoms with Gasteiger partial charge in [0.15, 0.2) is 0 Å². The van der Waals surface area contributed by atoms with Gasteiger partial charge in [-0.15, -0.1) is 0 Å². The Morgan fingerprint density at radius 2 is 1.28 bits per heavy atom. The van der Waals surface area contributed by atoms with Crippen molar-refractivity contribution in [3.8, 4) is 0 Å². The molecule has 0 bridgehead atoms. The van der Waals surface area contributed by atoms with Crippen molar-refractivity contribution in [1.29, 1.82) is 0 Å². The second-order valence-corrected chi connectivity index (χ2v) is 8.69. The standard InChI is InChI=1S/C26H44N2O4/c1-2-3-4-5-6-7-8-9-10-11-12-13-14-15-16-19-22-27-26(29)32-23-24-20-17-18-21-25(24)28(30)31/h17-18,20-21H,2-16,19,22-23H2,1H3,(H,27,29). The lowest BCUT2D eigenvalue weighted by Crippen LogP contribution is -2.25. The van der Waals surface area contributed by atoms with E-state index in [9.17, 15) is 14.9 Å². The number of carbonyl (C=O) groups excluding carboxylic acids is 1. The van der Waals surface area contributed by atoms with Crippen LogP contribution in [-0.4, -0.2) is 17.6 Å². The number of hydrogen-bond acceptors (Lipinski definition) is 4.